The van der Waals surface area contributed by atoms with E-state index in [1.54, 1.807) is 14.0 Å². The molecule has 2 N–H and O–H groups in total. The number of carbonyl (C=O) groups is 1. The van der Waals surface area contributed by atoms with E-state index in [-0.39, 0.29) is 24.4 Å². The highest BCUT2D eigenvalue weighted by Crippen LogP contribution is 2.33. The van der Waals surface area contributed by atoms with Gasteiger partial charge in [-0.15, -0.1) is 22.9 Å². The molecular weight excluding hydrogens is 494 g/mol. The Kier molecular flexibility index (Phi) is 8.27. The van der Waals surface area contributed by atoms with Crippen molar-refractivity contribution in [2.45, 2.75) is 38.5 Å². The SMILES string of the molecule is COc1ccccc1[C@H](Cn1c(=O)[nH]c(=O)c2c(C)c(C(=O)NCCCl)sc21)OC1CCOCC1. The predicted octanol–water partition coefficient (Wildman–Crippen LogP) is 2.97. The lowest BCUT2D eigenvalue weighted by Gasteiger charge is -2.29. The van der Waals surface area contributed by atoms with Crippen LogP contribution in [0.5, 0.6) is 5.75 Å². The van der Waals surface area contributed by atoms with Crippen LogP contribution in [-0.2, 0) is 16.0 Å². The lowest BCUT2D eigenvalue weighted by molar-refractivity contribution is -0.0752. The number of para-hydroxylation sites is 1. The molecule has 0 bridgehead atoms. The number of fused-ring (bicyclic) bond motifs is 1. The Hall–Kier alpha value is -2.66. The van der Waals surface area contributed by atoms with Crippen LogP contribution in [0.3, 0.4) is 0 Å². The highest BCUT2D eigenvalue weighted by molar-refractivity contribution is 7.20. The van der Waals surface area contributed by atoms with E-state index in [1.165, 1.54) is 4.57 Å². The monoisotopic (exact) mass is 521 g/mol. The zero-order valence-electron chi connectivity index (χ0n) is 19.6. The van der Waals surface area contributed by atoms with Gasteiger partial charge in [-0.05, 0) is 31.4 Å². The average Bonchev–Trinajstić information content (AvgIpc) is 3.22. The molecule has 0 spiro atoms. The van der Waals surface area contributed by atoms with Crippen LogP contribution in [0.25, 0.3) is 10.2 Å². The number of benzene rings is 1. The zero-order valence-corrected chi connectivity index (χ0v) is 21.2. The van der Waals surface area contributed by atoms with E-state index in [2.05, 4.69) is 10.3 Å². The number of aryl methyl sites for hydroxylation is 1. The van der Waals surface area contributed by atoms with Crippen molar-refractivity contribution < 1.29 is 19.0 Å². The number of carbonyl (C=O) groups excluding carboxylic acids is 1. The molecule has 1 fully saturated rings. The molecule has 1 amide bonds. The fourth-order valence-electron chi connectivity index (χ4n) is 4.26. The summed E-state index contributed by atoms with van der Waals surface area (Å²) in [6, 6.07) is 7.50. The largest absolute Gasteiger partial charge is 0.496 e. The first kappa shape index (κ1) is 25.4. The number of nitrogens with zero attached hydrogens (tertiary/aromatic N) is 1. The van der Waals surface area contributed by atoms with E-state index < -0.39 is 17.4 Å². The fraction of sp³-hybridized carbons (Fsp3) is 0.458. The Morgan fingerprint density at radius 3 is 2.77 bits per heavy atom. The summed E-state index contributed by atoms with van der Waals surface area (Å²) in [4.78, 5) is 41.6. The third-order valence-electron chi connectivity index (χ3n) is 6.01. The summed E-state index contributed by atoms with van der Waals surface area (Å²) in [6.07, 6.45) is 0.904. The summed E-state index contributed by atoms with van der Waals surface area (Å²) in [6.45, 7) is 3.35. The molecule has 3 heterocycles. The Morgan fingerprint density at radius 2 is 2.06 bits per heavy atom. The molecule has 0 radical (unpaired) electrons. The van der Waals surface area contributed by atoms with Crippen molar-refractivity contribution in [3.63, 3.8) is 0 Å². The van der Waals surface area contributed by atoms with Gasteiger partial charge in [-0.1, -0.05) is 18.2 Å². The second-order valence-corrected chi connectivity index (χ2v) is 9.61. The molecule has 2 aromatic heterocycles. The van der Waals surface area contributed by atoms with Crippen LogP contribution in [0.15, 0.2) is 33.9 Å². The van der Waals surface area contributed by atoms with Gasteiger partial charge in [0.2, 0.25) is 0 Å². The minimum Gasteiger partial charge on any atom is -0.496 e. The van der Waals surface area contributed by atoms with Gasteiger partial charge < -0.3 is 19.5 Å². The molecule has 1 atom stereocenters. The lowest BCUT2D eigenvalue weighted by Crippen LogP contribution is -2.33. The molecular formula is C24H28ClN3O6S. The molecule has 9 nitrogen and oxygen atoms in total. The van der Waals surface area contributed by atoms with Gasteiger partial charge in [0.25, 0.3) is 11.5 Å². The normalized spacial score (nSPS) is 15.3. The molecule has 1 aromatic carbocycles. The van der Waals surface area contributed by atoms with Crippen molar-refractivity contribution in [3.05, 3.63) is 61.1 Å². The molecule has 0 saturated carbocycles. The first-order valence-electron chi connectivity index (χ1n) is 11.4. The van der Waals surface area contributed by atoms with Crippen molar-refractivity contribution in [3.8, 4) is 5.75 Å². The van der Waals surface area contributed by atoms with Gasteiger partial charge in [0.05, 0.1) is 30.0 Å². The quantitative estimate of drug-likeness (QED) is 0.419. The number of ether oxygens (including phenoxy) is 3. The molecule has 1 saturated heterocycles. The first-order valence-corrected chi connectivity index (χ1v) is 12.8. The number of hydrogen-bond acceptors (Lipinski definition) is 7. The maximum Gasteiger partial charge on any atom is 0.329 e. The van der Waals surface area contributed by atoms with Crippen molar-refractivity contribution >= 4 is 39.1 Å². The number of halogens is 1. The number of thiophene rings is 1. The summed E-state index contributed by atoms with van der Waals surface area (Å²) < 4.78 is 19.0. The molecule has 11 heteroatoms. The van der Waals surface area contributed by atoms with Crippen LogP contribution < -0.4 is 21.3 Å². The minimum absolute atomic E-state index is 0.0467. The van der Waals surface area contributed by atoms with Crippen LogP contribution in [0, 0.1) is 6.92 Å². The van der Waals surface area contributed by atoms with Gasteiger partial charge in [-0.3, -0.25) is 19.1 Å². The van der Waals surface area contributed by atoms with Gasteiger partial charge in [-0.2, -0.15) is 0 Å². The van der Waals surface area contributed by atoms with E-state index in [0.717, 1.165) is 29.7 Å². The minimum atomic E-state index is -0.563. The first-order chi connectivity index (χ1) is 16.9. The van der Waals surface area contributed by atoms with Crippen LogP contribution >= 0.6 is 22.9 Å². The van der Waals surface area contributed by atoms with Gasteiger partial charge in [0.15, 0.2) is 0 Å². The maximum absolute atomic E-state index is 13.0. The third-order valence-corrected chi connectivity index (χ3v) is 7.51. The number of amides is 1. The highest BCUT2D eigenvalue weighted by atomic mass is 35.5. The highest BCUT2D eigenvalue weighted by Gasteiger charge is 2.27. The van der Waals surface area contributed by atoms with Crippen molar-refractivity contribution in [1.82, 2.24) is 14.9 Å². The lowest BCUT2D eigenvalue weighted by atomic mass is 10.1. The summed E-state index contributed by atoms with van der Waals surface area (Å²) in [5.74, 6) is 0.578. The zero-order chi connectivity index (χ0) is 24.9. The number of alkyl halides is 1. The van der Waals surface area contributed by atoms with Gasteiger partial charge >= 0.3 is 5.69 Å². The summed E-state index contributed by atoms with van der Waals surface area (Å²) >= 11 is 6.81. The number of aromatic amines is 1. The smallest absolute Gasteiger partial charge is 0.329 e. The molecule has 0 unspecified atom stereocenters. The summed E-state index contributed by atoms with van der Waals surface area (Å²) in [5, 5.41) is 3.04. The Balaban J connectivity index is 1.79. The van der Waals surface area contributed by atoms with E-state index in [4.69, 9.17) is 25.8 Å². The molecule has 1 aliphatic rings. The Morgan fingerprint density at radius 1 is 1.31 bits per heavy atom. The summed E-state index contributed by atoms with van der Waals surface area (Å²) in [7, 11) is 1.59. The van der Waals surface area contributed by atoms with Crippen LogP contribution in [0.2, 0.25) is 0 Å². The topological polar surface area (TPSA) is 112 Å². The second kappa shape index (κ2) is 11.4. The van der Waals surface area contributed by atoms with Crippen molar-refractivity contribution in [2.24, 2.45) is 0 Å². The van der Waals surface area contributed by atoms with Gasteiger partial charge in [-0.25, -0.2) is 4.79 Å². The van der Waals surface area contributed by atoms with Crippen LogP contribution in [0.4, 0.5) is 0 Å². The number of methoxy groups -OCH3 is 1. The van der Waals surface area contributed by atoms with Crippen LogP contribution in [0.1, 0.15) is 39.7 Å². The second-order valence-electron chi connectivity index (χ2n) is 8.23. The van der Waals surface area contributed by atoms with Gasteiger partial charge in [0, 0.05) is 31.2 Å². The molecule has 35 heavy (non-hydrogen) atoms. The van der Waals surface area contributed by atoms with E-state index in [9.17, 15) is 14.4 Å². The number of aromatic nitrogens is 2. The molecule has 0 aliphatic carbocycles. The maximum atomic E-state index is 13.0. The fourth-order valence-corrected chi connectivity index (χ4v) is 5.58. The summed E-state index contributed by atoms with van der Waals surface area (Å²) in [5.41, 5.74) is 0.227. The third kappa shape index (κ3) is 5.45. The van der Waals surface area contributed by atoms with Crippen molar-refractivity contribution in [1.29, 1.82) is 0 Å². The van der Waals surface area contributed by atoms with E-state index in [0.29, 0.717) is 46.2 Å². The number of H-pyrrole nitrogens is 1. The number of rotatable bonds is 9. The standard InChI is InChI=1S/C24H28ClN3O6S/c1-14-19-21(29)27-24(31)28(23(19)35-20(14)22(30)26-10-9-25)13-18(34-15-7-11-33-12-8-15)16-5-3-4-6-17(16)32-2/h3-6,15,18H,7-13H2,1-2H3,(H,26,30)(H,27,29,31)/t18-/m0/s1. The van der Waals surface area contributed by atoms with Crippen molar-refractivity contribution in [2.75, 3.05) is 32.7 Å². The molecule has 4 rings (SSSR count). The number of hydrogen-bond donors (Lipinski definition) is 2. The Bertz CT molecular complexity index is 1310. The van der Waals surface area contributed by atoms with E-state index >= 15 is 0 Å². The Labute approximate surface area is 211 Å². The van der Waals surface area contributed by atoms with Crippen LogP contribution in [-0.4, -0.2) is 54.3 Å². The molecule has 188 valence electrons. The molecule has 3 aromatic rings. The predicted molar refractivity (Wildman–Crippen MR) is 135 cm³/mol. The average molecular weight is 522 g/mol. The number of nitrogens with one attached hydrogen (secondary N) is 2. The van der Waals surface area contributed by atoms with E-state index in [1.807, 2.05) is 24.3 Å². The van der Waals surface area contributed by atoms with Gasteiger partial charge in [0.1, 0.15) is 16.7 Å². The molecule has 1 aliphatic heterocycles.